The number of amides is 1. The third-order valence-corrected chi connectivity index (χ3v) is 9.52. The zero-order chi connectivity index (χ0) is 28.7. The molecule has 1 amide bonds. The second-order valence-electron chi connectivity index (χ2n) is 11.5. The summed E-state index contributed by atoms with van der Waals surface area (Å²) >= 11 is 6.61. The lowest BCUT2D eigenvalue weighted by Gasteiger charge is -2.41. The third kappa shape index (κ3) is 5.23. The zero-order valence-corrected chi connectivity index (χ0v) is 24.2. The van der Waals surface area contributed by atoms with E-state index in [1.807, 2.05) is 6.07 Å². The molecule has 3 atom stereocenters. The van der Waals surface area contributed by atoms with Gasteiger partial charge in [0.2, 0.25) is 5.91 Å². The maximum atomic E-state index is 12.5. The summed E-state index contributed by atoms with van der Waals surface area (Å²) in [4.78, 5) is 30.9. The molecule has 0 spiro atoms. The molecule has 1 unspecified atom stereocenters. The molecule has 2 saturated heterocycles. The molecule has 4 heterocycles. The lowest BCUT2D eigenvalue weighted by Crippen LogP contribution is -2.55. The second-order valence-corrected chi connectivity index (χ2v) is 11.8. The normalized spacial score (nSPS) is 24.3. The summed E-state index contributed by atoms with van der Waals surface area (Å²) in [6, 6.07) is 6.39. The largest absolute Gasteiger partial charge is 0.506 e. The minimum absolute atomic E-state index is 0.0663. The summed E-state index contributed by atoms with van der Waals surface area (Å²) < 4.78 is 6.23. The Morgan fingerprint density at radius 1 is 1.24 bits per heavy atom. The number of likely N-dealkylation sites (tertiary alicyclic amines) is 1. The molecule has 0 saturated carbocycles. The van der Waals surface area contributed by atoms with Gasteiger partial charge in [0.05, 0.1) is 29.2 Å². The Kier molecular flexibility index (Phi) is 7.77. The first-order chi connectivity index (χ1) is 19.9. The van der Waals surface area contributed by atoms with Gasteiger partial charge in [0.25, 0.3) is 0 Å². The van der Waals surface area contributed by atoms with Gasteiger partial charge in [-0.15, -0.1) is 0 Å². The molecular formula is C30H36ClN7O3. The minimum atomic E-state index is -0.262. The highest BCUT2D eigenvalue weighted by atomic mass is 35.5. The van der Waals surface area contributed by atoms with Crippen molar-refractivity contribution >= 4 is 23.3 Å². The zero-order valence-electron chi connectivity index (χ0n) is 23.4. The van der Waals surface area contributed by atoms with E-state index in [9.17, 15) is 15.2 Å². The lowest BCUT2D eigenvalue weighted by atomic mass is 10.1. The number of likely N-dealkylation sites (N-methyl/N-ethyl adjacent to an activating group) is 1. The number of aromatic nitrogens is 2. The van der Waals surface area contributed by atoms with Crippen molar-refractivity contribution in [2.75, 3.05) is 44.7 Å². The van der Waals surface area contributed by atoms with Crippen LogP contribution in [0.4, 0.5) is 5.82 Å². The molecule has 11 heteroatoms. The van der Waals surface area contributed by atoms with Crippen LogP contribution in [0.3, 0.4) is 0 Å². The van der Waals surface area contributed by atoms with Crippen LogP contribution in [0, 0.1) is 11.3 Å². The first-order valence-electron chi connectivity index (χ1n) is 14.4. The first kappa shape index (κ1) is 27.8. The highest BCUT2D eigenvalue weighted by molar-refractivity contribution is 6.33. The van der Waals surface area contributed by atoms with E-state index in [0.717, 1.165) is 54.9 Å². The van der Waals surface area contributed by atoms with Crippen LogP contribution in [-0.2, 0) is 24.3 Å². The molecule has 6 rings (SSSR count). The van der Waals surface area contributed by atoms with Gasteiger partial charge in [-0.2, -0.15) is 15.2 Å². The van der Waals surface area contributed by atoms with E-state index in [2.05, 4.69) is 34.4 Å². The smallest absolute Gasteiger partial charge is 0.318 e. The predicted octanol–water partition coefficient (Wildman–Crippen LogP) is 3.43. The van der Waals surface area contributed by atoms with Gasteiger partial charge in [0, 0.05) is 50.4 Å². The van der Waals surface area contributed by atoms with Crippen LogP contribution in [0.25, 0.3) is 0 Å². The van der Waals surface area contributed by atoms with E-state index < -0.39 is 0 Å². The van der Waals surface area contributed by atoms with Gasteiger partial charge in [-0.3, -0.25) is 9.69 Å². The average molecular weight is 578 g/mol. The van der Waals surface area contributed by atoms with E-state index in [1.165, 1.54) is 11.6 Å². The number of hydrogen-bond acceptors (Lipinski definition) is 9. The molecular weight excluding hydrogens is 542 g/mol. The number of aryl methyl sites for hydroxylation is 1. The molecule has 1 aromatic heterocycles. The Morgan fingerprint density at radius 3 is 2.85 bits per heavy atom. The van der Waals surface area contributed by atoms with Gasteiger partial charge < -0.3 is 24.5 Å². The number of nitriles is 1. The molecule has 0 radical (unpaired) electrons. The number of fused-ring (bicyclic) bond motifs is 2. The Labute approximate surface area is 245 Å². The van der Waals surface area contributed by atoms with Crippen LogP contribution in [-0.4, -0.2) is 87.6 Å². The molecule has 0 bridgehead atoms. The molecule has 1 N–H and O–H groups in total. The van der Waals surface area contributed by atoms with Crippen molar-refractivity contribution in [1.82, 2.24) is 24.7 Å². The standard InChI is InChI=1S/C30H36ClN7O3/c1-3-26(40)38-14-13-36(15-20(38)10-11-32)29-22-16-37(24-8-6-19-7-9-25(39)28(31)27(19)24)17-23(22)33-30(34-29)41-18-21-5-4-12-35(21)2/h3,7,9,20-21,24,39H,1,4-6,8,10,12-18H2,2H3/t20-,21-,24?/m0/s1. The van der Waals surface area contributed by atoms with Gasteiger partial charge in [0.1, 0.15) is 18.2 Å². The van der Waals surface area contributed by atoms with E-state index in [-0.39, 0.29) is 30.2 Å². The van der Waals surface area contributed by atoms with Crippen molar-refractivity contribution < 1.29 is 14.6 Å². The number of phenolic OH excluding ortho intramolecular Hbond substituents is 1. The fraction of sp³-hybridized carbons (Fsp3) is 0.533. The molecule has 10 nitrogen and oxygen atoms in total. The number of aromatic hydroxyl groups is 1. The Balaban J connectivity index is 1.31. The van der Waals surface area contributed by atoms with Crippen molar-refractivity contribution in [3.63, 3.8) is 0 Å². The molecule has 3 aliphatic heterocycles. The highest BCUT2D eigenvalue weighted by Crippen LogP contribution is 2.46. The van der Waals surface area contributed by atoms with Gasteiger partial charge >= 0.3 is 6.01 Å². The number of phenols is 1. The summed E-state index contributed by atoms with van der Waals surface area (Å²) in [7, 11) is 2.12. The number of halogens is 1. The number of rotatable bonds is 7. The van der Waals surface area contributed by atoms with E-state index in [0.29, 0.717) is 56.4 Å². The van der Waals surface area contributed by atoms with Crippen molar-refractivity contribution in [2.24, 2.45) is 0 Å². The van der Waals surface area contributed by atoms with Gasteiger partial charge in [-0.05, 0) is 62.5 Å². The number of carbonyl (C=O) groups excluding carboxylic acids is 1. The fourth-order valence-corrected chi connectivity index (χ4v) is 7.19. The molecule has 2 fully saturated rings. The van der Waals surface area contributed by atoms with Gasteiger partial charge in [-0.1, -0.05) is 24.2 Å². The minimum Gasteiger partial charge on any atom is -0.506 e. The fourth-order valence-electron chi connectivity index (χ4n) is 6.88. The Bertz CT molecular complexity index is 1400. The molecule has 1 aliphatic carbocycles. The number of hydrogen-bond donors (Lipinski definition) is 1. The van der Waals surface area contributed by atoms with Crippen LogP contribution >= 0.6 is 11.6 Å². The van der Waals surface area contributed by atoms with Crippen molar-refractivity contribution in [3.05, 3.63) is 52.2 Å². The van der Waals surface area contributed by atoms with Crippen LogP contribution < -0.4 is 9.64 Å². The average Bonchev–Trinajstić information content (AvgIpc) is 3.71. The summed E-state index contributed by atoms with van der Waals surface area (Å²) in [5, 5.41) is 20.3. The van der Waals surface area contributed by atoms with Crippen LogP contribution in [0.15, 0.2) is 24.8 Å². The maximum absolute atomic E-state index is 12.5. The number of carbonyl (C=O) groups is 1. The lowest BCUT2D eigenvalue weighted by molar-refractivity contribution is -0.128. The first-order valence-corrected chi connectivity index (χ1v) is 14.8. The SMILES string of the molecule is C=CC(=O)N1CCN(c2nc(OC[C@@H]3CCCN3C)nc3c2CN(C2CCc4ccc(O)c(Cl)c42)C3)C[C@@H]1CC#N. The summed E-state index contributed by atoms with van der Waals surface area (Å²) in [5.41, 5.74) is 4.14. The number of ether oxygens (including phenoxy) is 1. The molecule has 41 heavy (non-hydrogen) atoms. The number of piperazine rings is 1. The molecule has 216 valence electrons. The topological polar surface area (TPSA) is 109 Å². The molecule has 1 aromatic carbocycles. The second kappa shape index (κ2) is 11.5. The van der Waals surface area contributed by atoms with E-state index in [1.54, 1.807) is 11.0 Å². The van der Waals surface area contributed by atoms with Crippen molar-refractivity contribution in [2.45, 2.75) is 63.3 Å². The van der Waals surface area contributed by atoms with E-state index in [4.69, 9.17) is 26.3 Å². The predicted molar refractivity (Wildman–Crippen MR) is 155 cm³/mol. The van der Waals surface area contributed by atoms with Crippen molar-refractivity contribution in [1.29, 1.82) is 5.26 Å². The van der Waals surface area contributed by atoms with Crippen LogP contribution in [0.1, 0.15) is 54.1 Å². The number of anilines is 1. The Hall–Kier alpha value is -3.39. The maximum Gasteiger partial charge on any atom is 0.318 e. The van der Waals surface area contributed by atoms with E-state index >= 15 is 0 Å². The highest BCUT2D eigenvalue weighted by Gasteiger charge is 2.39. The Morgan fingerprint density at radius 2 is 2.10 bits per heavy atom. The van der Waals surface area contributed by atoms with Crippen LogP contribution in [0.2, 0.25) is 5.02 Å². The molecule has 4 aliphatic rings. The van der Waals surface area contributed by atoms with Gasteiger partial charge in [-0.25, -0.2) is 0 Å². The number of nitrogens with zero attached hydrogens (tertiary/aromatic N) is 7. The van der Waals surface area contributed by atoms with Gasteiger partial charge in [0.15, 0.2) is 0 Å². The van der Waals surface area contributed by atoms with Crippen LogP contribution in [0.5, 0.6) is 11.8 Å². The summed E-state index contributed by atoms with van der Waals surface area (Å²) in [6.07, 6.45) is 5.61. The molecule has 2 aromatic rings. The monoisotopic (exact) mass is 577 g/mol. The number of benzene rings is 1. The summed E-state index contributed by atoms with van der Waals surface area (Å²) in [5.74, 6) is 0.757. The quantitative estimate of drug-likeness (QED) is 0.495. The third-order valence-electron chi connectivity index (χ3n) is 9.12. The van der Waals surface area contributed by atoms with Crippen molar-refractivity contribution in [3.8, 4) is 17.8 Å². The summed E-state index contributed by atoms with van der Waals surface area (Å²) in [6.45, 7) is 8.05.